The van der Waals surface area contributed by atoms with E-state index in [9.17, 15) is 18.0 Å². The van der Waals surface area contributed by atoms with Gasteiger partial charge in [-0.25, -0.2) is 0 Å². The Morgan fingerprint density at radius 1 is 1.23 bits per heavy atom. The summed E-state index contributed by atoms with van der Waals surface area (Å²) in [5.41, 5.74) is 1.27. The smallest absolute Gasteiger partial charge is 0.294 e. The summed E-state index contributed by atoms with van der Waals surface area (Å²) in [6.45, 7) is 1.44. The van der Waals surface area contributed by atoms with Crippen LogP contribution in [0.15, 0.2) is 53.7 Å². The van der Waals surface area contributed by atoms with Crippen LogP contribution in [0.5, 0.6) is 0 Å². The molecule has 1 aromatic heterocycles. The maximum absolute atomic E-state index is 12.6. The quantitative estimate of drug-likeness (QED) is 0.693. The minimum atomic E-state index is -4.28. The molecule has 1 heterocycles. The Bertz CT molecular complexity index is 868. The predicted octanol–water partition coefficient (Wildman–Crippen LogP) is 2.41. The highest BCUT2D eigenvalue weighted by Crippen LogP contribution is 2.19. The van der Waals surface area contributed by atoms with Gasteiger partial charge in [0, 0.05) is 30.8 Å². The van der Waals surface area contributed by atoms with Gasteiger partial charge in [0.15, 0.2) is 5.12 Å². The van der Waals surface area contributed by atoms with E-state index in [0.717, 1.165) is 17.3 Å². The van der Waals surface area contributed by atoms with Crippen LogP contribution in [-0.2, 0) is 26.1 Å². The van der Waals surface area contributed by atoms with Crippen molar-refractivity contribution in [2.24, 2.45) is 5.92 Å². The highest BCUT2D eigenvalue weighted by Gasteiger charge is 2.20. The van der Waals surface area contributed by atoms with Crippen molar-refractivity contribution in [1.29, 1.82) is 0 Å². The molecule has 1 atom stereocenters. The number of rotatable bonds is 7. The summed E-state index contributed by atoms with van der Waals surface area (Å²) in [6.07, 6.45) is 3.72. The van der Waals surface area contributed by atoms with Gasteiger partial charge in [0.25, 0.3) is 10.1 Å². The summed E-state index contributed by atoms with van der Waals surface area (Å²) in [6, 6.07) is 8.81. The fourth-order valence-corrected chi connectivity index (χ4v) is 3.39. The maximum Gasteiger partial charge on any atom is 0.294 e. The Morgan fingerprint density at radius 3 is 2.46 bits per heavy atom. The number of anilines is 1. The average molecular weight is 394 g/mol. The summed E-state index contributed by atoms with van der Waals surface area (Å²) in [7, 11) is -4.28. The first-order valence-electron chi connectivity index (χ1n) is 7.66. The SMILES string of the molecule is CC(=O)SCC(Cc1cccnc1)C(=O)Nc1ccc(S(=O)(=O)O)cc1. The van der Waals surface area contributed by atoms with Crippen molar-refractivity contribution >= 4 is 38.6 Å². The third-order valence-electron chi connectivity index (χ3n) is 3.48. The van der Waals surface area contributed by atoms with E-state index in [2.05, 4.69) is 10.3 Å². The molecule has 0 aliphatic heterocycles. The molecule has 2 rings (SSSR count). The van der Waals surface area contributed by atoms with Crippen LogP contribution in [0.3, 0.4) is 0 Å². The van der Waals surface area contributed by atoms with Gasteiger partial charge in [-0.15, -0.1) is 0 Å². The van der Waals surface area contributed by atoms with E-state index in [1.54, 1.807) is 18.5 Å². The molecule has 0 radical (unpaired) electrons. The van der Waals surface area contributed by atoms with Gasteiger partial charge < -0.3 is 5.32 Å². The van der Waals surface area contributed by atoms with E-state index < -0.39 is 16.0 Å². The maximum atomic E-state index is 12.6. The molecule has 138 valence electrons. The van der Waals surface area contributed by atoms with Crippen molar-refractivity contribution in [3.8, 4) is 0 Å². The predicted molar refractivity (Wildman–Crippen MR) is 99.5 cm³/mol. The molecule has 1 amide bonds. The van der Waals surface area contributed by atoms with Crippen LogP contribution in [-0.4, -0.2) is 34.7 Å². The molecule has 0 spiro atoms. The number of pyridine rings is 1. The molecule has 2 aromatic rings. The lowest BCUT2D eigenvalue weighted by molar-refractivity contribution is -0.119. The largest absolute Gasteiger partial charge is 0.326 e. The summed E-state index contributed by atoms with van der Waals surface area (Å²) in [4.78, 5) is 27.6. The molecule has 0 aliphatic carbocycles. The fraction of sp³-hybridized carbons (Fsp3) is 0.235. The third kappa shape index (κ3) is 6.25. The molecule has 1 aromatic carbocycles. The highest BCUT2D eigenvalue weighted by atomic mass is 32.2. The number of amides is 1. The van der Waals surface area contributed by atoms with E-state index in [1.807, 2.05) is 6.07 Å². The number of nitrogens with one attached hydrogen (secondary N) is 1. The normalized spacial score (nSPS) is 12.4. The monoisotopic (exact) mass is 394 g/mol. The highest BCUT2D eigenvalue weighted by molar-refractivity contribution is 8.13. The second-order valence-corrected chi connectivity index (χ2v) is 8.17. The van der Waals surface area contributed by atoms with Crippen molar-refractivity contribution < 1.29 is 22.6 Å². The van der Waals surface area contributed by atoms with Gasteiger partial charge in [-0.3, -0.25) is 19.1 Å². The average Bonchev–Trinajstić information content (AvgIpc) is 2.59. The van der Waals surface area contributed by atoms with Gasteiger partial charge >= 0.3 is 0 Å². The Morgan fingerprint density at radius 2 is 1.92 bits per heavy atom. The first-order valence-corrected chi connectivity index (χ1v) is 10.1. The first kappa shape index (κ1) is 20.1. The van der Waals surface area contributed by atoms with Gasteiger partial charge in [0.2, 0.25) is 5.91 Å². The van der Waals surface area contributed by atoms with Gasteiger partial charge in [-0.2, -0.15) is 8.42 Å². The number of nitrogens with zero attached hydrogens (tertiary/aromatic N) is 1. The summed E-state index contributed by atoms with van der Waals surface area (Å²) < 4.78 is 31.1. The minimum absolute atomic E-state index is 0.0773. The molecule has 26 heavy (non-hydrogen) atoms. The van der Waals surface area contributed by atoms with E-state index in [4.69, 9.17) is 4.55 Å². The molecule has 2 N–H and O–H groups in total. The van der Waals surface area contributed by atoms with E-state index in [1.165, 1.54) is 31.2 Å². The Labute approximate surface area is 156 Å². The van der Waals surface area contributed by atoms with Gasteiger partial charge in [-0.05, 0) is 42.3 Å². The van der Waals surface area contributed by atoms with Crippen molar-refractivity contribution in [1.82, 2.24) is 4.98 Å². The molecule has 0 bridgehead atoms. The first-order chi connectivity index (χ1) is 12.3. The van der Waals surface area contributed by atoms with E-state index in [-0.39, 0.29) is 15.9 Å². The van der Waals surface area contributed by atoms with Crippen molar-refractivity contribution in [3.05, 3.63) is 54.4 Å². The number of carbonyl (C=O) groups is 2. The Hall–Kier alpha value is -2.23. The van der Waals surface area contributed by atoms with Crippen LogP contribution in [0.4, 0.5) is 5.69 Å². The molecule has 0 saturated heterocycles. The second kappa shape index (κ2) is 8.93. The number of benzene rings is 1. The summed E-state index contributed by atoms with van der Waals surface area (Å²) >= 11 is 1.07. The topological polar surface area (TPSA) is 113 Å². The van der Waals surface area contributed by atoms with Gasteiger partial charge in [0.05, 0.1) is 10.8 Å². The molecule has 0 aliphatic rings. The van der Waals surface area contributed by atoms with Crippen LogP contribution >= 0.6 is 11.8 Å². The molecule has 7 nitrogen and oxygen atoms in total. The number of aromatic nitrogens is 1. The van der Waals surface area contributed by atoms with Crippen LogP contribution in [0, 0.1) is 5.92 Å². The third-order valence-corrected chi connectivity index (χ3v) is 5.33. The zero-order valence-corrected chi connectivity index (χ0v) is 15.6. The van der Waals surface area contributed by atoms with Crippen LogP contribution in [0.25, 0.3) is 0 Å². The summed E-state index contributed by atoms with van der Waals surface area (Å²) in [5, 5.41) is 2.63. The Balaban J connectivity index is 2.10. The molecule has 0 saturated carbocycles. The van der Waals surface area contributed by atoms with E-state index in [0.29, 0.717) is 17.9 Å². The summed E-state index contributed by atoms with van der Waals surface area (Å²) in [5.74, 6) is -0.435. The van der Waals surface area contributed by atoms with Gasteiger partial charge in [-0.1, -0.05) is 17.8 Å². The van der Waals surface area contributed by atoms with Crippen molar-refractivity contribution in [2.45, 2.75) is 18.2 Å². The van der Waals surface area contributed by atoms with Crippen LogP contribution in [0.1, 0.15) is 12.5 Å². The lowest BCUT2D eigenvalue weighted by atomic mass is 10.0. The number of carbonyl (C=O) groups excluding carboxylic acids is 2. The number of thioether (sulfide) groups is 1. The van der Waals surface area contributed by atoms with Crippen LogP contribution < -0.4 is 5.32 Å². The lowest BCUT2D eigenvalue weighted by Crippen LogP contribution is -2.27. The van der Waals surface area contributed by atoms with Crippen molar-refractivity contribution in [2.75, 3.05) is 11.1 Å². The minimum Gasteiger partial charge on any atom is -0.326 e. The molecule has 0 fully saturated rings. The Kier molecular flexibility index (Phi) is 6.90. The number of hydrogen-bond donors (Lipinski definition) is 2. The zero-order chi connectivity index (χ0) is 19.2. The molecular formula is C17H18N2O5S2. The number of hydrogen-bond acceptors (Lipinski definition) is 6. The molecular weight excluding hydrogens is 376 g/mol. The van der Waals surface area contributed by atoms with E-state index >= 15 is 0 Å². The fourth-order valence-electron chi connectivity index (χ4n) is 2.20. The molecule has 1 unspecified atom stereocenters. The zero-order valence-electron chi connectivity index (χ0n) is 14.0. The lowest BCUT2D eigenvalue weighted by Gasteiger charge is -2.16. The molecule has 9 heteroatoms. The standard InChI is InChI=1S/C17H18N2O5S2/c1-12(20)25-11-14(9-13-3-2-8-18-10-13)17(21)19-15-4-6-16(7-5-15)26(22,23)24/h2-8,10,14H,9,11H2,1H3,(H,19,21)(H,22,23,24). The van der Waals surface area contributed by atoms with Crippen molar-refractivity contribution in [3.63, 3.8) is 0 Å². The second-order valence-electron chi connectivity index (χ2n) is 5.55. The van der Waals surface area contributed by atoms with Gasteiger partial charge in [0.1, 0.15) is 0 Å². The van der Waals surface area contributed by atoms with Crippen LogP contribution in [0.2, 0.25) is 0 Å².